The van der Waals surface area contributed by atoms with Crippen LogP contribution in [0.1, 0.15) is 29.0 Å². The van der Waals surface area contributed by atoms with Gasteiger partial charge in [0.05, 0.1) is 33.1 Å². The minimum atomic E-state index is -0.648. The minimum Gasteiger partial charge on any atom is -0.495 e. The Labute approximate surface area is 248 Å². The highest BCUT2D eigenvalue weighted by atomic mass is 127. The molecule has 188 valence electrons. The number of thiophene rings is 1. The van der Waals surface area contributed by atoms with Gasteiger partial charge in [-0.1, -0.05) is 47.7 Å². The molecule has 0 N–H and O–H groups in total. The summed E-state index contributed by atoms with van der Waals surface area (Å²) in [6, 6.07) is 16.8. The molecule has 0 bridgehead atoms. The van der Waals surface area contributed by atoms with E-state index in [1.54, 1.807) is 18.6 Å². The van der Waals surface area contributed by atoms with Crippen molar-refractivity contribution < 1.29 is 14.3 Å². The number of ether oxygens (including phenoxy) is 2. The molecule has 0 fully saturated rings. The fourth-order valence-electron chi connectivity index (χ4n) is 4.20. The largest absolute Gasteiger partial charge is 0.495 e. The van der Waals surface area contributed by atoms with Crippen LogP contribution in [-0.4, -0.2) is 24.3 Å². The summed E-state index contributed by atoms with van der Waals surface area (Å²) in [5, 5.41) is 1.94. The number of methoxy groups -OCH3 is 1. The van der Waals surface area contributed by atoms with Gasteiger partial charge < -0.3 is 9.47 Å². The standard InChI is InChI=1S/C27H20I2N2O4S2/c1-3-35-26(33)21-22(15-8-5-4-6-9-15)30-27-31(23(21)19-10-7-11-36-19)25(32)20(37-27)13-16-12-17(28)14-18(29)24(16)34-2/h4-14,23H,3H2,1-2H3/b20-13-/t23-/m0/s1. The van der Waals surface area contributed by atoms with Crippen LogP contribution >= 0.6 is 67.9 Å². The van der Waals surface area contributed by atoms with E-state index in [0.717, 1.165) is 23.1 Å². The van der Waals surface area contributed by atoms with Crippen molar-refractivity contribution in [2.45, 2.75) is 13.0 Å². The Morgan fingerprint density at radius 3 is 2.62 bits per heavy atom. The molecule has 1 aliphatic rings. The molecule has 10 heteroatoms. The second-order valence-corrected chi connectivity index (χ2v) is 12.4. The van der Waals surface area contributed by atoms with Gasteiger partial charge in [0.15, 0.2) is 4.80 Å². The Balaban J connectivity index is 1.83. The van der Waals surface area contributed by atoms with Crippen LogP contribution in [-0.2, 0) is 9.53 Å². The number of nitrogens with zero attached hydrogens (tertiary/aromatic N) is 2. The van der Waals surface area contributed by atoms with E-state index in [-0.39, 0.29) is 12.2 Å². The van der Waals surface area contributed by atoms with Gasteiger partial charge in [-0.25, -0.2) is 9.79 Å². The Morgan fingerprint density at radius 1 is 1.16 bits per heavy atom. The molecule has 0 amide bonds. The summed E-state index contributed by atoms with van der Waals surface area (Å²) < 4.78 is 15.2. The lowest BCUT2D eigenvalue weighted by molar-refractivity contribution is -0.138. The topological polar surface area (TPSA) is 69.9 Å². The summed E-state index contributed by atoms with van der Waals surface area (Å²) in [6.45, 7) is 1.99. The molecular weight excluding hydrogens is 734 g/mol. The van der Waals surface area contributed by atoms with Gasteiger partial charge in [-0.15, -0.1) is 11.3 Å². The molecule has 0 spiro atoms. The molecule has 0 aliphatic carbocycles. The molecule has 37 heavy (non-hydrogen) atoms. The van der Waals surface area contributed by atoms with Crippen molar-refractivity contribution in [3.63, 3.8) is 0 Å². The van der Waals surface area contributed by atoms with Gasteiger partial charge in [0, 0.05) is 19.6 Å². The molecule has 4 aromatic rings. The number of rotatable bonds is 6. The van der Waals surface area contributed by atoms with Gasteiger partial charge in [0.1, 0.15) is 11.8 Å². The number of thiazole rings is 1. The summed E-state index contributed by atoms with van der Waals surface area (Å²) in [5.41, 5.74) is 2.26. The molecule has 0 unspecified atom stereocenters. The number of hydrogen-bond acceptors (Lipinski definition) is 7. The second-order valence-electron chi connectivity index (χ2n) is 7.96. The van der Waals surface area contributed by atoms with Crippen molar-refractivity contribution in [3.8, 4) is 5.75 Å². The maximum absolute atomic E-state index is 13.9. The van der Waals surface area contributed by atoms with Gasteiger partial charge in [-0.2, -0.15) is 0 Å². The van der Waals surface area contributed by atoms with Crippen molar-refractivity contribution in [1.29, 1.82) is 0 Å². The minimum absolute atomic E-state index is 0.216. The smallest absolute Gasteiger partial charge is 0.338 e. The molecule has 2 aromatic carbocycles. The summed E-state index contributed by atoms with van der Waals surface area (Å²) in [4.78, 5) is 33.6. The quantitative estimate of drug-likeness (QED) is 0.200. The normalized spacial score (nSPS) is 15.4. The average Bonchev–Trinajstić information content (AvgIpc) is 3.52. The van der Waals surface area contributed by atoms with E-state index in [4.69, 9.17) is 14.5 Å². The van der Waals surface area contributed by atoms with Crippen molar-refractivity contribution in [3.05, 3.63) is 108 Å². The first kappa shape index (κ1) is 26.3. The number of carbonyl (C=O) groups excluding carboxylic acids is 1. The Morgan fingerprint density at radius 2 is 1.95 bits per heavy atom. The summed E-state index contributed by atoms with van der Waals surface area (Å²) in [5.74, 6) is 0.227. The fraction of sp³-hybridized carbons (Fsp3) is 0.148. The SMILES string of the molecule is CCOC(=O)C1=C(c2ccccc2)N=c2s/c(=C\c3cc(I)cc(I)c3OC)c(=O)n2[C@H]1c1cccs1. The van der Waals surface area contributed by atoms with Crippen LogP contribution in [0.2, 0.25) is 0 Å². The zero-order chi connectivity index (χ0) is 26.1. The van der Waals surface area contributed by atoms with Gasteiger partial charge in [-0.3, -0.25) is 9.36 Å². The molecule has 0 saturated heterocycles. The highest BCUT2D eigenvalue weighted by Crippen LogP contribution is 2.37. The number of fused-ring (bicyclic) bond motifs is 1. The van der Waals surface area contributed by atoms with Crippen LogP contribution < -0.4 is 19.6 Å². The lowest BCUT2D eigenvalue weighted by Gasteiger charge is -2.24. The molecule has 6 nitrogen and oxygen atoms in total. The number of aromatic nitrogens is 1. The zero-order valence-electron chi connectivity index (χ0n) is 19.7. The monoisotopic (exact) mass is 754 g/mol. The Bertz CT molecular complexity index is 1690. The molecule has 3 heterocycles. The van der Waals surface area contributed by atoms with Gasteiger partial charge in [0.25, 0.3) is 5.56 Å². The van der Waals surface area contributed by atoms with E-state index >= 15 is 0 Å². The zero-order valence-corrected chi connectivity index (χ0v) is 25.7. The molecule has 1 aliphatic heterocycles. The first-order chi connectivity index (χ1) is 17.9. The van der Waals surface area contributed by atoms with Crippen LogP contribution in [0.25, 0.3) is 11.8 Å². The van der Waals surface area contributed by atoms with Crippen LogP contribution in [0.5, 0.6) is 5.75 Å². The fourth-order valence-corrected chi connectivity index (χ4v) is 8.13. The van der Waals surface area contributed by atoms with Crippen molar-refractivity contribution in [2.24, 2.45) is 4.99 Å². The molecule has 5 rings (SSSR count). The van der Waals surface area contributed by atoms with E-state index in [9.17, 15) is 9.59 Å². The van der Waals surface area contributed by atoms with Crippen LogP contribution in [0, 0.1) is 7.14 Å². The van der Waals surface area contributed by atoms with E-state index in [1.807, 2.05) is 66.1 Å². The number of hydrogen-bond donors (Lipinski definition) is 0. The molecule has 2 aromatic heterocycles. The van der Waals surface area contributed by atoms with Gasteiger partial charge in [0.2, 0.25) is 0 Å². The highest BCUT2D eigenvalue weighted by Gasteiger charge is 2.35. The third-order valence-electron chi connectivity index (χ3n) is 5.71. The van der Waals surface area contributed by atoms with Crippen molar-refractivity contribution in [1.82, 2.24) is 4.57 Å². The van der Waals surface area contributed by atoms with E-state index in [1.165, 1.54) is 22.7 Å². The summed E-state index contributed by atoms with van der Waals surface area (Å²) >= 11 is 7.28. The van der Waals surface area contributed by atoms with Crippen molar-refractivity contribution >= 4 is 85.6 Å². The lowest BCUT2D eigenvalue weighted by Crippen LogP contribution is -2.39. The van der Waals surface area contributed by atoms with Gasteiger partial charge >= 0.3 is 5.97 Å². The van der Waals surface area contributed by atoms with E-state index < -0.39 is 12.0 Å². The maximum atomic E-state index is 13.9. The van der Waals surface area contributed by atoms with Crippen LogP contribution in [0.3, 0.4) is 0 Å². The number of carbonyl (C=O) groups is 1. The first-order valence-electron chi connectivity index (χ1n) is 11.3. The summed E-state index contributed by atoms with van der Waals surface area (Å²) in [7, 11) is 1.62. The first-order valence-corrected chi connectivity index (χ1v) is 15.1. The highest BCUT2D eigenvalue weighted by molar-refractivity contribution is 14.1. The predicted octanol–water partition coefficient (Wildman–Crippen LogP) is 5.21. The number of halogens is 2. The van der Waals surface area contributed by atoms with E-state index in [2.05, 4.69) is 45.2 Å². The third kappa shape index (κ3) is 5.08. The summed E-state index contributed by atoms with van der Waals surface area (Å²) in [6.07, 6.45) is 1.84. The number of benzene rings is 2. The predicted molar refractivity (Wildman–Crippen MR) is 164 cm³/mol. The Hall–Kier alpha value is -2.29. The Kier molecular flexibility index (Phi) is 7.98. The molecule has 1 atom stereocenters. The molecule has 0 saturated carbocycles. The van der Waals surface area contributed by atoms with Crippen LogP contribution in [0.4, 0.5) is 0 Å². The van der Waals surface area contributed by atoms with Crippen molar-refractivity contribution in [2.75, 3.05) is 13.7 Å². The molecular formula is C27H20I2N2O4S2. The second kappa shape index (κ2) is 11.2. The molecule has 0 radical (unpaired) electrons. The maximum Gasteiger partial charge on any atom is 0.338 e. The third-order valence-corrected chi connectivity index (χ3v) is 9.05. The lowest BCUT2D eigenvalue weighted by atomic mass is 9.97. The van der Waals surface area contributed by atoms with Gasteiger partial charge in [-0.05, 0) is 81.8 Å². The average molecular weight is 754 g/mol. The van der Waals surface area contributed by atoms with E-state index in [0.29, 0.717) is 26.4 Å². The number of esters is 1. The van der Waals surface area contributed by atoms with Crippen LogP contribution in [0.15, 0.2) is 75.3 Å².